The highest BCUT2D eigenvalue weighted by Crippen LogP contribution is 2.32. The van der Waals surface area contributed by atoms with Gasteiger partial charge in [0.15, 0.2) is 0 Å². The van der Waals surface area contributed by atoms with Gasteiger partial charge in [0.05, 0.1) is 0 Å². The summed E-state index contributed by atoms with van der Waals surface area (Å²) in [5, 5.41) is 9.79. The highest BCUT2D eigenvalue weighted by molar-refractivity contribution is 9.10. The van der Waals surface area contributed by atoms with E-state index in [9.17, 15) is 0 Å². The maximum atomic E-state index is 8.89. The monoisotopic (exact) mass is 292 g/mol. The van der Waals surface area contributed by atoms with Gasteiger partial charge in [0, 0.05) is 5.56 Å². The molecule has 2 nitrogen and oxygen atoms in total. The molecule has 4 heteroatoms. The highest BCUT2D eigenvalue weighted by Gasteiger charge is 2.11. The molecule has 0 aliphatic carbocycles. The number of nitrogens with zero attached hydrogens (tertiary/aromatic N) is 2. The fraction of sp³-hybridized carbons (Fsp3) is 0.167. The van der Waals surface area contributed by atoms with E-state index in [4.69, 9.17) is 5.26 Å². The zero-order valence-corrected chi connectivity index (χ0v) is 11.3. The first kappa shape index (κ1) is 11.3. The zero-order valence-electron chi connectivity index (χ0n) is 8.91. The second kappa shape index (κ2) is 4.36. The fourth-order valence-corrected chi connectivity index (χ4v) is 2.91. The molecule has 16 heavy (non-hydrogen) atoms. The minimum atomic E-state index is 0.621. The Labute approximate surface area is 107 Å². The van der Waals surface area contributed by atoms with Crippen LogP contribution >= 0.6 is 27.3 Å². The summed E-state index contributed by atoms with van der Waals surface area (Å²) in [5.41, 5.74) is 3.48. The van der Waals surface area contributed by atoms with Gasteiger partial charge in [-0.05, 0) is 41.4 Å². The summed E-state index contributed by atoms with van der Waals surface area (Å²) in [5.74, 6) is 0. The molecule has 0 saturated carbocycles. The maximum absolute atomic E-state index is 8.89. The van der Waals surface area contributed by atoms with Crippen molar-refractivity contribution >= 4 is 27.3 Å². The lowest BCUT2D eigenvalue weighted by atomic mass is 10.1. The highest BCUT2D eigenvalue weighted by atomic mass is 79.9. The van der Waals surface area contributed by atoms with Crippen LogP contribution in [0.25, 0.3) is 10.6 Å². The zero-order chi connectivity index (χ0) is 11.7. The van der Waals surface area contributed by atoms with Crippen molar-refractivity contribution in [1.29, 1.82) is 5.26 Å². The smallest absolute Gasteiger partial charge is 0.139 e. The van der Waals surface area contributed by atoms with Crippen LogP contribution in [-0.2, 0) is 0 Å². The van der Waals surface area contributed by atoms with E-state index >= 15 is 0 Å². The Hall–Kier alpha value is -1.18. The molecule has 0 unspecified atom stereocenters. The molecule has 80 valence electrons. The Kier molecular flexibility index (Phi) is 3.08. The topological polar surface area (TPSA) is 36.7 Å². The van der Waals surface area contributed by atoms with E-state index in [0.29, 0.717) is 9.48 Å². The second-order valence-corrected chi connectivity index (χ2v) is 5.32. The van der Waals surface area contributed by atoms with Crippen LogP contribution < -0.4 is 0 Å². The van der Waals surface area contributed by atoms with Gasteiger partial charge in [0.2, 0.25) is 0 Å². The number of aryl methyl sites for hydroxylation is 2. The van der Waals surface area contributed by atoms with E-state index in [1.807, 2.05) is 0 Å². The van der Waals surface area contributed by atoms with Gasteiger partial charge in [-0.15, -0.1) is 11.3 Å². The molecule has 0 radical (unpaired) electrons. The van der Waals surface area contributed by atoms with Crippen LogP contribution in [0.5, 0.6) is 0 Å². The van der Waals surface area contributed by atoms with Crippen LogP contribution in [-0.4, -0.2) is 4.98 Å². The van der Waals surface area contributed by atoms with Crippen molar-refractivity contribution < 1.29 is 0 Å². The van der Waals surface area contributed by atoms with Crippen molar-refractivity contribution in [3.8, 4) is 16.6 Å². The predicted octanol–water partition coefficient (Wildman–Crippen LogP) is 4.06. The van der Waals surface area contributed by atoms with E-state index in [1.165, 1.54) is 22.5 Å². The summed E-state index contributed by atoms with van der Waals surface area (Å²) >= 11 is 4.71. The van der Waals surface area contributed by atoms with Gasteiger partial charge in [-0.25, -0.2) is 4.98 Å². The lowest BCUT2D eigenvalue weighted by Gasteiger charge is -2.02. The lowest BCUT2D eigenvalue weighted by molar-refractivity contribution is 1.31. The van der Waals surface area contributed by atoms with Crippen LogP contribution in [0.4, 0.5) is 0 Å². The summed E-state index contributed by atoms with van der Waals surface area (Å²) in [7, 11) is 0. The number of thiazole rings is 1. The number of hydrogen-bond acceptors (Lipinski definition) is 3. The number of hydrogen-bond donors (Lipinski definition) is 0. The maximum Gasteiger partial charge on any atom is 0.139 e. The first-order valence-corrected chi connectivity index (χ1v) is 6.37. The molecule has 0 amide bonds. The Balaban J connectivity index is 2.59. The molecular formula is C12H9BrN2S. The van der Waals surface area contributed by atoms with Crippen molar-refractivity contribution in [3.05, 3.63) is 38.8 Å². The third-order valence-corrected chi connectivity index (χ3v) is 4.14. The largest absolute Gasteiger partial charge is 0.228 e. The van der Waals surface area contributed by atoms with E-state index in [-0.39, 0.29) is 0 Å². The summed E-state index contributed by atoms with van der Waals surface area (Å²) < 4.78 is 0.635. The quantitative estimate of drug-likeness (QED) is 0.795. The Morgan fingerprint density at radius 1 is 1.38 bits per heavy atom. The molecule has 0 bridgehead atoms. The number of aromatic nitrogens is 1. The number of benzene rings is 1. The molecule has 0 N–H and O–H groups in total. The van der Waals surface area contributed by atoms with Crippen molar-refractivity contribution in [2.45, 2.75) is 13.8 Å². The lowest BCUT2D eigenvalue weighted by Crippen LogP contribution is -1.83. The van der Waals surface area contributed by atoms with Crippen molar-refractivity contribution in [3.63, 3.8) is 0 Å². The van der Waals surface area contributed by atoms with Crippen LogP contribution in [0.2, 0.25) is 0 Å². The molecule has 0 aliphatic rings. The summed E-state index contributed by atoms with van der Waals surface area (Å²) in [6, 6.07) is 8.38. The van der Waals surface area contributed by atoms with Crippen LogP contribution in [0.15, 0.2) is 22.8 Å². The van der Waals surface area contributed by atoms with Crippen molar-refractivity contribution in [2.75, 3.05) is 0 Å². The van der Waals surface area contributed by atoms with E-state index in [1.54, 1.807) is 0 Å². The predicted molar refractivity (Wildman–Crippen MR) is 69.4 cm³/mol. The van der Waals surface area contributed by atoms with Crippen LogP contribution in [0.1, 0.15) is 16.0 Å². The average molecular weight is 293 g/mol. The molecule has 0 atom stereocenters. The SMILES string of the molecule is Cc1ccc(C)c(-c2nc(Br)c(C#N)s2)c1. The Morgan fingerprint density at radius 2 is 2.12 bits per heavy atom. The standard InChI is InChI=1S/C12H9BrN2S/c1-7-3-4-8(2)9(5-7)12-15-11(13)10(6-14)16-12/h3-5H,1-2H3. The third kappa shape index (κ3) is 2.01. The molecule has 1 aromatic carbocycles. The van der Waals surface area contributed by atoms with Gasteiger partial charge >= 0.3 is 0 Å². The van der Waals surface area contributed by atoms with Crippen molar-refractivity contribution in [1.82, 2.24) is 4.98 Å². The number of nitriles is 1. The molecule has 2 aromatic rings. The van der Waals surface area contributed by atoms with Gasteiger partial charge < -0.3 is 0 Å². The first-order valence-electron chi connectivity index (χ1n) is 4.76. The van der Waals surface area contributed by atoms with E-state index < -0.39 is 0 Å². The van der Waals surface area contributed by atoms with E-state index in [0.717, 1.165) is 10.6 Å². The van der Waals surface area contributed by atoms with Gasteiger partial charge in [0.25, 0.3) is 0 Å². The molecule has 1 aromatic heterocycles. The molecule has 0 spiro atoms. The minimum Gasteiger partial charge on any atom is -0.228 e. The Morgan fingerprint density at radius 3 is 2.75 bits per heavy atom. The molecule has 0 fully saturated rings. The number of halogens is 1. The van der Waals surface area contributed by atoms with Gasteiger partial charge in [-0.2, -0.15) is 5.26 Å². The van der Waals surface area contributed by atoms with Gasteiger partial charge in [0.1, 0.15) is 20.6 Å². The molecule has 1 heterocycles. The third-order valence-electron chi connectivity index (χ3n) is 2.31. The first-order chi connectivity index (χ1) is 7.61. The fourth-order valence-electron chi connectivity index (χ4n) is 1.45. The molecule has 0 aliphatic heterocycles. The average Bonchev–Trinajstić information content (AvgIpc) is 2.63. The van der Waals surface area contributed by atoms with Gasteiger partial charge in [-0.3, -0.25) is 0 Å². The van der Waals surface area contributed by atoms with E-state index in [2.05, 4.69) is 59.0 Å². The normalized spacial score (nSPS) is 10.1. The minimum absolute atomic E-state index is 0.621. The summed E-state index contributed by atoms with van der Waals surface area (Å²) in [6.45, 7) is 4.10. The molecular weight excluding hydrogens is 284 g/mol. The Bertz CT molecular complexity index is 581. The van der Waals surface area contributed by atoms with Gasteiger partial charge in [-0.1, -0.05) is 17.7 Å². The number of rotatable bonds is 1. The van der Waals surface area contributed by atoms with Crippen LogP contribution in [0, 0.1) is 25.2 Å². The van der Waals surface area contributed by atoms with Crippen LogP contribution in [0.3, 0.4) is 0 Å². The summed E-state index contributed by atoms with van der Waals surface area (Å²) in [4.78, 5) is 4.99. The second-order valence-electron chi connectivity index (χ2n) is 3.57. The molecule has 0 saturated heterocycles. The molecule has 2 rings (SSSR count). The summed E-state index contributed by atoms with van der Waals surface area (Å²) in [6.07, 6.45) is 0. The van der Waals surface area contributed by atoms with Crippen molar-refractivity contribution in [2.24, 2.45) is 0 Å².